The van der Waals surface area contributed by atoms with Crippen LogP contribution in [0.3, 0.4) is 0 Å². The number of aromatic carboxylic acids is 1. The van der Waals surface area contributed by atoms with Gasteiger partial charge in [0.1, 0.15) is 0 Å². The van der Waals surface area contributed by atoms with Gasteiger partial charge >= 0.3 is 5.97 Å². The van der Waals surface area contributed by atoms with Crippen LogP contribution in [0.1, 0.15) is 10.4 Å². The predicted octanol–water partition coefficient (Wildman–Crippen LogP) is 0.548. The number of carboxylic acid groups (broad SMARTS) is 1. The average molecular weight is 219 g/mol. The van der Waals surface area contributed by atoms with Gasteiger partial charge in [-0.15, -0.1) is 4.48 Å². The van der Waals surface area contributed by atoms with Crippen LogP contribution >= 0.6 is 0 Å². The van der Waals surface area contributed by atoms with E-state index in [0.29, 0.717) is 4.94 Å². The summed E-state index contributed by atoms with van der Waals surface area (Å²) in [5, 5.41) is 8.61. The molecule has 7 heteroatoms. The van der Waals surface area contributed by atoms with E-state index in [1.165, 1.54) is 12.1 Å². The number of nitrogens with one attached hydrogen (secondary N) is 1. The average Bonchev–Trinajstić information content (AvgIpc) is 2.18. The monoisotopic (exact) mass is 219 g/mol. The summed E-state index contributed by atoms with van der Waals surface area (Å²) < 4.78 is 33.8. The summed E-state index contributed by atoms with van der Waals surface area (Å²) in [4.78, 5) is 10.5. The van der Waals surface area contributed by atoms with E-state index in [2.05, 4.69) is 0 Å². The lowest BCUT2D eigenvalue weighted by Gasteiger charge is -2.03. The zero-order valence-electron chi connectivity index (χ0n) is 6.77. The van der Waals surface area contributed by atoms with Gasteiger partial charge in [0, 0.05) is 0 Å². The lowest BCUT2D eigenvalue weighted by Crippen LogP contribution is -2.18. The van der Waals surface area contributed by atoms with E-state index >= 15 is 0 Å². The van der Waals surface area contributed by atoms with E-state index in [1.807, 2.05) is 0 Å². The molecule has 0 aliphatic rings. The van der Waals surface area contributed by atoms with Crippen molar-refractivity contribution in [2.45, 2.75) is 4.90 Å². The van der Waals surface area contributed by atoms with Crippen molar-refractivity contribution in [3.05, 3.63) is 29.8 Å². The molecule has 1 aromatic carbocycles. The highest BCUT2D eigenvalue weighted by molar-refractivity contribution is 7.89. The van der Waals surface area contributed by atoms with Crippen LogP contribution in [0.15, 0.2) is 29.2 Å². The van der Waals surface area contributed by atoms with Crippen LogP contribution in [-0.2, 0) is 10.0 Å². The Bertz CT molecular complexity index is 457. The quantitative estimate of drug-likeness (QED) is 0.727. The maximum Gasteiger partial charge on any atom is 0.337 e. The lowest BCUT2D eigenvalue weighted by molar-refractivity contribution is 0.0692. The third kappa shape index (κ3) is 1.88. The highest BCUT2D eigenvalue weighted by atomic mass is 32.2. The van der Waals surface area contributed by atoms with Crippen LogP contribution in [0.5, 0.6) is 0 Å². The van der Waals surface area contributed by atoms with Gasteiger partial charge in [0.2, 0.25) is 0 Å². The van der Waals surface area contributed by atoms with Crippen molar-refractivity contribution in [1.29, 1.82) is 0 Å². The molecular formula is C7H6FNO4S. The fraction of sp³-hybridized carbons (Fsp3) is 0. The van der Waals surface area contributed by atoms with Gasteiger partial charge in [0.05, 0.1) is 10.5 Å². The second kappa shape index (κ2) is 3.72. The molecule has 1 aromatic rings. The molecule has 0 bridgehead atoms. The standard InChI is InChI=1S/C7H6FNO4S/c8-9-14(12,13)6-4-2-1-3-5(6)7(10)11/h1-4,9H,(H,10,11). The Balaban J connectivity index is 3.42. The van der Waals surface area contributed by atoms with Crippen molar-refractivity contribution < 1.29 is 22.8 Å². The molecule has 0 radical (unpaired) electrons. The van der Waals surface area contributed by atoms with Crippen molar-refractivity contribution in [3.8, 4) is 0 Å². The molecule has 0 fully saturated rings. The molecule has 0 atom stereocenters. The van der Waals surface area contributed by atoms with Gasteiger partial charge in [-0.2, -0.15) is 0 Å². The molecule has 0 saturated heterocycles. The fourth-order valence-corrected chi connectivity index (χ4v) is 1.70. The second-order valence-electron chi connectivity index (χ2n) is 2.38. The van der Waals surface area contributed by atoms with Gasteiger partial charge < -0.3 is 5.11 Å². The summed E-state index contributed by atoms with van der Waals surface area (Å²) in [5.74, 6) is -1.43. The first kappa shape index (κ1) is 10.6. The zero-order valence-corrected chi connectivity index (χ0v) is 7.58. The summed E-state index contributed by atoms with van der Waals surface area (Å²) in [6, 6.07) is 4.73. The number of halogens is 1. The second-order valence-corrected chi connectivity index (χ2v) is 3.98. The van der Waals surface area contributed by atoms with E-state index in [4.69, 9.17) is 5.11 Å². The maximum atomic E-state index is 11.9. The van der Waals surface area contributed by atoms with Crippen molar-refractivity contribution in [1.82, 2.24) is 4.94 Å². The minimum absolute atomic E-state index is 0.474. The Hall–Kier alpha value is -1.47. The minimum Gasteiger partial charge on any atom is -0.478 e. The number of rotatable bonds is 3. The van der Waals surface area contributed by atoms with Crippen molar-refractivity contribution >= 4 is 16.0 Å². The molecule has 0 heterocycles. The molecule has 2 N–H and O–H groups in total. The summed E-state index contributed by atoms with van der Waals surface area (Å²) in [6.45, 7) is 0. The van der Waals surface area contributed by atoms with Crippen molar-refractivity contribution in [2.75, 3.05) is 0 Å². The summed E-state index contributed by atoms with van der Waals surface area (Å²) in [7, 11) is -4.37. The topological polar surface area (TPSA) is 83.5 Å². The van der Waals surface area contributed by atoms with E-state index in [9.17, 15) is 17.7 Å². The fourth-order valence-electron chi connectivity index (χ4n) is 0.919. The number of carboxylic acids is 1. The molecule has 1 rings (SSSR count). The molecule has 0 unspecified atom stereocenters. The molecule has 5 nitrogen and oxygen atoms in total. The van der Waals surface area contributed by atoms with Gasteiger partial charge in [-0.25, -0.2) is 13.2 Å². The molecule has 0 spiro atoms. The van der Waals surface area contributed by atoms with Gasteiger partial charge in [0.15, 0.2) is 0 Å². The first-order chi connectivity index (χ1) is 6.49. The van der Waals surface area contributed by atoms with E-state index in [1.54, 1.807) is 0 Å². The minimum atomic E-state index is -4.37. The first-order valence-corrected chi connectivity index (χ1v) is 4.92. The van der Waals surface area contributed by atoms with Crippen molar-refractivity contribution in [2.24, 2.45) is 0 Å². The van der Waals surface area contributed by atoms with E-state index in [-0.39, 0.29) is 0 Å². The SMILES string of the molecule is O=C(O)c1ccccc1S(=O)(=O)NF. The van der Waals surface area contributed by atoms with Crippen LogP contribution in [-0.4, -0.2) is 19.5 Å². The zero-order chi connectivity index (χ0) is 10.8. The number of hydrogen-bond acceptors (Lipinski definition) is 3. The van der Waals surface area contributed by atoms with Crippen molar-refractivity contribution in [3.63, 3.8) is 0 Å². The number of carbonyl (C=O) groups is 1. The third-order valence-corrected chi connectivity index (χ3v) is 2.65. The van der Waals surface area contributed by atoms with Gasteiger partial charge in [-0.05, 0) is 17.1 Å². The third-order valence-electron chi connectivity index (χ3n) is 1.51. The Morgan fingerprint density at radius 2 is 1.93 bits per heavy atom. The molecule has 0 amide bonds. The first-order valence-electron chi connectivity index (χ1n) is 3.44. The Kier molecular flexibility index (Phi) is 2.82. The summed E-state index contributed by atoms with van der Waals surface area (Å²) >= 11 is 0. The molecular weight excluding hydrogens is 213 g/mol. The Morgan fingerprint density at radius 3 is 2.43 bits per heavy atom. The molecule has 0 saturated carbocycles. The number of hydrogen-bond donors (Lipinski definition) is 2. The summed E-state index contributed by atoms with van der Waals surface area (Å²) in [5.41, 5.74) is -0.474. The smallest absolute Gasteiger partial charge is 0.337 e. The van der Waals surface area contributed by atoms with Gasteiger partial charge in [-0.3, -0.25) is 0 Å². The Morgan fingerprint density at radius 1 is 1.36 bits per heavy atom. The maximum absolute atomic E-state index is 11.9. The van der Waals surface area contributed by atoms with Gasteiger partial charge in [0.25, 0.3) is 10.0 Å². The Labute approximate surface area is 79.2 Å². The lowest BCUT2D eigenvalue weighted by atomic mass is 10.2. The van der Waals surface area contributed by atoms with Crippen LogP contribution in [0.4, 0.5) is 4.48 Å². The van der Waals surface area contributed by atoms with Crippen LogP contribution < -0.4 is 4.94 Å². The highest BCUT2D eigenvalue weighted by Crippen LogP contribution is 2.14. The van der Waals surface area contributed by atoms with E-state index < -0.39 is 26.5 Å². The normalized spacial score (nSPS) is 11.2. The molecule has 76 valence electrons. The van der Waals surface area contributed by atoms with Gasteiger partial charge in [-0.1, -0.05) is 12.1 Å². The van der Waals surface area contributed by atoms with Crippen LogP contribution in [0.2, 0.25) is 0 Å². The largest absolute Gasteiger partial charge is 0.478 e. The molecule has 0 aliphatic heterocycles. The molecule has 14 heavy (non-hydrogen) atoms. The molecule has 0 aliphatic carbocycles. The number of benzene rings is 1. The summed E-state index contributed by atoms with van der Waals surface area (Å²) in [6.07, 6.45) is 0. The van der Waals surface area contributed by atoms with Crippen LogP contribution in [0, 0.1) is 0 Å². The highest BCUT2D eigenvalue weighted by Gasteiger charge is 2.21. The number of sulfonamides is 1. The van der Waals surface area contributed by atoms with Crippen LogP contribution in [0.25, 0.3) is 0 Å². The molecule has 0 aromatic heterocycles. The van der Waals surface area contributed by atoms with E-state index in [0.717, 1.165) is 12.1 Å². The predicted molar refractivity (Wildman–Crippen MR) is 44.8 cm³/mol.